The van der Waals surface area contributed by atoms with Crippen molar-refractivity contribution in [2.75, 3.05) is 17.5 Å². The Morgan fingerprint density at radius 3 is 2.23 bits per heavy atom. The minimum atomic E-state index is -3.69. The number of aliphatic hydroxyl groups excluding tert-OH is 1. The number of nitrogens with zero attached hydrogens (tertiary/aromatic N) is 1. The zero-order valence-corrected chi connectivity index (χ0v) is 17.5. The minimum Gasteiger partial charge on any atom is -0.491 e. The van der Waals surface area contributed by atoms with Crippen LogP contribution in [0.5, 0.6) is 5.75 Å². The molecule has 5 nitrogen and oxygen atoms in total. The maximum atomic E-state index is 13.0. The summed E-state index contributed by atoms with van der Waals surface area (Å²) in [4.78, 5) is 0.283. The van der Waals surface area contributed by atoms with Crippen molar-refractivity contribution in [1.82, 2.24) is 0 Å². The molecule has 0 amide bonds. The molecule has 156 valence electrons. The highest BCUT2D eigenvalue weighted by Crippen LogP contribution is 2.41. The normalized spacial score (nSPS) is 15.2. The number of anilines is 1. The predicted molar refractivity (Wildman–Crippen MR) is 122 cm³/mol. The van der Waals surface area contributed by atoms with Gasteiger partial charge in [-0.3, -0.25) is 4.31 Å². The van der Waals surface area contributed by atoms with E-state index in [2.05, 4.69) is 0 Å². The van der Waals surface area contributed by atoms with Crippen molar-refractivity contribution in [3.8, 4) is 16.9 Å². The fraction of sp³-hybridized carbons (Fsp3) is 0.120. The van der Waals surface area contributed by atoms with Crippen LogP contribution in [-0.2, 0) is 10.0 Å². The Balaban J connectivity index is 1.28. The summed E-state index contributed by atoms with van der Waals surface area (Å²) < 4.78 is 33.0. The van der Waals surface area contributed by atoms with Crippen LogP contribution in [0.3, 0.4) is 0 Å². The van der Waals surface area contributed by atoms with Crippen molar-refractivity contribution in [3.63, 3.8) is 0 Å². The van der Waals surface area contributed by atoms with E-state index in [1.165, 1.54) is 4.31 Å². The van der Waals surface area contributed by atoms with Crippen molar-refractivity contribution >= 4 is 26.5 Å². The maximum absolute atomic E-state index is 13.0. The zero-order chi connectivity index (χ0) is 21.4. The molecule has 0 aliphatic carbocycles. The molecule has 0 unspecified atom stereocenters. The van der Waals surface area contributed by atoms with E-state index in [1.807, 2.05) is 72.8 Å². The maximum Gasteiger partial charge on any atom is 0.265 e. The monoisotopic (exact) mass is 431 g/mol. The lowest BCUT2D eigenvalue weighted by Crippen LogP contribution is -2.37. The van der Waals surface area contributed by atoms with Gasteiger partial charge in [-0.2, -0.15) is 0 Å². The van der Waals surface area contributed by atoms with Crippen molar-refractivity contribution in [2.45, 2.75) is 11.0 Å². The molecular weight excluding hydrogens is 410 g/mol. The number of benzene rings is 4. The van der Waals surface area contributed by atoms with Crippen LogP contribution in [0, 0.1) is 0 Å². The SMILES string of the molecule is O=S1(=O)c2cccc3cccc(c23)N1C[C@@H](O)COc1ccc(-c2ccccc2)cc1. The largest absolute Gasteiger partial charge is 0.491 e. The smallest absolute Gasteiger partial charge is 0.265 e. The third kappa shape index (κ3) is 3.54. The summed E-state index contributed by atoms with van der Waals surface area (Å²) in [5.74, 6) is 0.619. The van der Waals surface area contributed by atoms with Gasteiger partial charge in [-0.15, -0.1) is 0 Å². The number of sulfonamides is 1. The molecule has 1 heterocycles. The molecule has 0 saturated carbocycles. The summed E-state index contributed by atoms with van der Waals surface area (Å²) in [6, 6.07) is 28.3. The number of ether oxygens (including phenoxy) is 1. The standard InChI is InChI=1S/C25H21NO4S/c27-21(17-30-22-14-12-19(13-15-22)18-6-2-1-3-7-18)16-26-23-10-4-8-20-9-5-11-24(25(20)23)31(26,28)29/h1-15,21,27H,16-17H2/t21-/m1/s1. The van der Waals surface area contributed by atoms with Crippen molar-refractivity contribution in [1.29, 1.82) is 0 Å². The van der Waals surface area contributed by atoms with Crippen LogP contribution in [0.4, 0.5) is 5.69 Å². The molecule has 4 aromatic rings. The summed E-state index contributed by atoms with van der Waals surface area (Å²) in [6.45, 7) is -0.0821. The van der Waals surface area contributed by atoms with Crippen LogP contribution in [0.25, 0.3) is 21.9 Å². The fourth-order valence-corrected chi connectivity index (χ4v) is 5.71. The molecule has 0 radical (unpaired) electrons. The number of aliphatic hydroxyl groups is 1. The van der Waals surface area contributed by atoms with Gasteiger partial charge in [0, 0.05) is 5.39 Å². The second-order valence-electron chi connectivity index (χ2n) is 7.52. The average Bonchev–Trinajstić information content (AvgIpc) is 3.02. The van der Waals surface area contributed by atoms with E-state index >= 15 is 0 Å². The van der Waals surface area contributed by atoms with Gasteiger partial charge in [0.2, 0.25) is 0 Å². The summed E-state index contributed by atoms with van der Waals surface area (Å²) >= 11 is 0. The molecule has 1 aliphatic rings. The third-order valence-electron chi connectivity index (χ3n) is 5.46. The Kier molecular flexibility index (Phi) is 4.88. The molecular formula is C25H21NO4S. The summed E-state index contributed by atoms with van der Waals surface area (Å²) in [7, 11) is -3.69. The van der Waals surface area contributed by atoms with E-state index in [0.29, 0.717) is 16.8 Å². The topological polar surface area (TPSA) is 66.8 Å². The Morgan fingerprint density at radius 2 is 1.48 bits per heavy atom. The quantitative estimate of drug-likeness (QED) is 0.490. The molecule has 6 heteroatoms. The number of rotatable bonds is 6. The third-order valence-corrected chi connectivity index (χ3v) is 7.28. The first-order valence-electron chi connectivity index (χ1n) is 10.0. The van der Waals surface area contributed by atoms with E-state index in [9.17, 15) is 13.5 Å². The Labute approximate surface area is 181 Å². The lowest BCUT2D eigenvalue weighted by molar-refractivity contribution is 0.115. The minimum absolute atomic E-state index is 0.0109. The van der Waals surface area contributed by atoms with E-state index in [-0.39, 0.29) is 18.0 Å². The lowest BCUT2D eigenvalue weighted by atomic mass is 10.1. The van der Waals surface area contributed by atoms with Gasteiger partial charge >= 0.3 is 0 Å². The summed E-state index contributed by atoms with van der Waals surface area (Å²) in [5.41, 5.74) is 2.78. The van der Waals surface area contributed by atoms with E-state index in [4.69, 9.17) is 4.74 Å². The number of β-amino-alcohol motifs (C(OH)–C–C–N with tert-alkyl or cyclic N) is 1. The molecule has 0 bridgehead atoms. The molecule has 1 N–H and O–H groups in total. The first-order valence-corrected chi connectivity index (χ1v) is 11.5. The molecule has 1 atom stereocenters. The number of hydrogen-bond donors (Lipinski definition) is 1. The molecule has 0 fully saturated rings. The van der Waals surface area contributed by atoms with Crippen molar-refractivity contribution < 1.29 is 18.3 Å². The Hall–Kier alpha value is -3.35. The predicted octanol–water partition coefficient (Wildman–Crippen LogP) is 4.46. The van der Waals surface area contributed by atoms with Gasteiger partial charge in [-0.25, -0.2) is 8.42 Å². The highest BCUT2D eigenvalue weighted by Gasteiger charge is 2.36. The van der Waals surface area contributed by atoms with Gasteiger partial charge in [0.25, 0.3) is 10.0 Å². The van der Waals surface area contributed by atoms with Crippen molar-refractivity contribution in [2.24, 2.45) is 0 Å². The first-order chi connectivity index (χ1) is 15.0. The van der Waals surface area contributed by atoms with Crippen LogP contribution in [0.2, 0.25) is 0 Å². The van der Waals surface area contributed by atoms with Gasteiger partial charge in [-0.1, -0.05) is 66.7 Å². The molecule has 5 rings (SSSR count). The second-order valence-corrected chi connectivity index (χ2v) is 9.35. The van der Waals surface area contributed by atoms with Crippen LogP contribution in [0.15, 0.2) is 95.9 Å². The number of hydrogen-bond acceptors (Lipinski definition) is 4. The molecule has 0 spiro atoms. The van der Waals surface area contributed by atoms with E-state index < -0.39 is 16.1 Å². The summed E-state index contributed by atoms with van der Waals surface area (Å²) in [5, 5.41) is 12.1. The first kappa shape index (κ1) is 19.6. The van der Waals surface area contributed by atoms with E-state index in [0.717, 1.165) is 16.5 Å². The molecule has 31 heavy (non-hydrogen) atoms. The van der Waals surface area contributed by atoms with Gasteiger partial charge in [-0.05, 0) is 40.8 Å². The van der Waals surface area contributed by atoms with Gasteiger partial charge < -0.3 is 9.84 Å². The van der Waals surface area contributed by atoms with Gasteiger partial charge in [0.1, 0.15) is 18.5 Å². The molecule has 0 saturated heterocycles. The van der Waals surface area contributed by atoms with Crippen molar-refractivity contribution in [3.05, 3.63) is 91.0 Å². The molecule has 0 aromatic heterocycles. The molecule has 4 aromatic carbocycles. The highest BCUT2D eigenvalue weighted by molar-refractivity contribution is 7.93. The molecule has 1 aliphatic heterocycles. The Bertz CT molecular complexity index is 1330. The summed E-state index contributed by atoms with van der Waals surface area (Å²) in [6.07, 6.45) is -0.979. The second kappa shape index (κ2) is 7.72. The zero-order valence-electron chi connectivity index (χ0n) is 16.7. The van der Waals surface area contributed by atoms with E-state index in [1.54, 1.807) is 18.2 Å². The lowest BCUT2D eigenvalue weighted by Gasteiger charge is -2.22. The fourth-order valence-electron chi connectivity index (χ4n) is 3.97. The van der Waals surface area contributed by atoms with Crippen LogP contribution in [-0.4, -0.2) is 32.8 Å². The van der Waals surface area contributed by atoms with Crippen LogP contribution >= 0.6 is 0 Å². The van der Waals surface area contributed by atoms with Crippen LogP contribution in [0.1, 0.15) is 0 Å². The van der Waals surface area contributed by atoms with Gasteiger partial charge in [0.15, 0.2) is 0 Å². The Morgan fingerprint density at radius 1 is 0.806 bits per heavy atom. The van der Waals surface area contributed by atoms with Crippen LogP contribution < -0.4 is 9.04 Å². The highest BCUT2D eigenvalue weighted by atomic mass is 32.2. The van der Waals surface area contributed by atoms with Gasteiger partial charge in [0.05, 0.1) is 17.1 Å². The average molecular weight is 432 g/mol.